The fraction of sp³-hybridized carbons (Fsp3) is 0.625. The summed E-state index contributed by atoms with van der Waals surface area (Å²) in [5.41, 5.74) is -0.845. The van der Waals surface area contributed by atoms with Gasteiger partial charge in [-0.1, -0.05) is 0 Å². The lowest BCUT2D eigenvalue weighted by Crippen LogP contribution is -2.35. The minimum atomic E-state index is -4.44. The number of rotatable bonds is 2. The summed E-state index contributed by atoms with van der Waals surface area (Å²) in [4.78, 5) is 17.0. The molecular formula is C16H23F3N2O2S. The Kier molecular flexibility index (Phi) is 6.55. The topological polar surface area (TPSA) is 42.4 Å². The second kappa shape index (κ2) is 7.63. The lowest BCUT2D eigenvalue weighted by Gasteiger charge is -2.24. The first-order chi connectivity index (χ1) is 10.5. The zero-order chi connectivity index (χ0) is 17.3. The third kappa shape index (κ3) is 5.89. The van der Waals surface area contributed by atoms with E-state index in [0.29, 0.717) is 25.1 Å². The van der Waals surface area contributed by atoms with Crippen LogP contribution >= 0.6 is 13.5 Å². The first-order valence-electron chi connectivity index (χ1n) is 7.54. The molecular weight excluding hydrogens is 341 g/mol. The monoisotopic (exact) mass is 364 g/mol. The molecule has 24 heavy (non-hydrogen) atoms. The Morgan fingerprint density at radius 3 is 2.62 bits per heavy atom. The second-order valence-corrected chi connectivity index (χ2v) is 6.83. The highest BCUT2D eigenvalue weighted by molar-refractivity contribution is 7.59. The second-order valence-electron chi connectivity index (χ2n) is 6.83. The van der Waals surface area contributed by atoms with E-state index in [1.807, 2.05) is 0 Å². The van der Waals surface area contributed by atoms with Crippen molar-refractivity contribution in [3.8, 4) is 0 Å². The first-order valence-corrected chi connectivity index (χ1v) is 7.54. The van der Waals surface area contributed by atoms with Gasteiger partial charge in [-0.15, -0.1) is 0 Å². The number of alkyl halides is 3. The SMILES string of the molecule is CC(C)(C)OC(=O)N1CC[C@H](Cc2ccnc(C(F)(F)F)c2)C1.S. The van der Waals surface area contributed by atoms with E-state index in [9.17, 15) is 18.0 Å². The molecule has 1 amide bonds. The highest BCUT2D eigenvalue weighted by atomic mass is 32.1. The van der Waals surface area contributed by atoms with Crippen LogP contribution in [0.3, 0.4) is 0 Å². The van der Waals surface area contributed by atoms with Gasteiger partial charge in [0.15, 0.2) is 0 Å². The Labute approximate surface area is 146 Å². The van der Waals surface area contributed by atoms with Crippen LogP contribution in [0.15, 0.2) is 18.3 Å². The number of likely N-dealkylation sites (tertiary alicyclic amines) is 1. The summed E-state index contributed by atoms with van der Waals surface area (Å²) < 4.78 is 43.3. The number of aromatic nitrogens is 1. The Morgan fingerprint density at radius 1 is 1.38 bits per heavy atom. The van der Waals surface area contributed by atoms with E-state index >= 15 is 0 Å². The van der Waals surface area contributed by atoms with Gasteiger partial charge in [-0.3, -0.25) is 4.98 Å². The van der Waals surface area contributed by atoms with Gasteiger partial charge in [0, 0.05) is 19.3 Å². The minimum absolute atomic E-state index is 0. The van der Waals surface area contributed by atoms with Gasteiger partial charge in [-0.2, -0.15) is 26.7 Å². The normalized spacial score (nSPS) is 18.2. The van der Waals surface area contributed by atoms with Crippen molar-refractivity contribution in [1.82, 2.24) is 9.88 Å². The fourth-order valence-corrected chi connectivity index (χ4v) is 2.58. The van der Waals surface area contributed by atoms with Crippen LogP contribution in [0.2, 0.25) is 0 Å². The number of hydrogen-bond acceptors (Lipinski definition) is 3. The number of carbonyl (C=O) groups excluding carboxylic acids is 1. The van der Waals surface area contributed by atoms with Gasteiger partial charge in [0.25, 0.3) is 0 Å². The highest BCUT2D eigenvalue weighted by Crippen LogP contribution is 2.29. The van der Waals surface area contributed by atoms with Crippen molar-refractivity contribution >= 4 is 19.6 Å². The van der Waals surface area contributed by atoms with Crippen molar-refractivity contribution in [3.63, 3.8) is 0 Å². The number of pyridine rings is 1. The van der Waals surface area contributed by atoms with Gasteiger partial charge in [-0.25, -0.2) is 4.79 Å². The van der Waals surface area contributed by atoms with E-state index < -0.39 is 17.5 Å². The van der Waals surface area contributed by atoms with Crippen LogP contribution in [0.1, 0.15) is 38.4 Å². The molecule has 0 bridgehead atoms. The molecule has 1 aliphatic rings. The molecule has 1 fully saturated rings. The molecule has 136 valence electrons. The summed E-state index contributed by atoms with van der Waals surface area (Å²) in [6, 6.07) is 2.67. The van der Waals surface area contributed by atoms with Crippen LogP contribution in [0, 0.1) is 5.92 Å². The van der Waals surface area contributed by atoms with Gasteiger partial charge in [0.2, 0.25) is 0 Å². The number of carbonyl (C=O) groups is 1. The molecule has 1 aliphatic heterocycles. The van der Waals surface area contributed by atoms with Crippen LogP contribution in [0.4, 0.5) is 18.0 Å². The molecule has 8 heteroatoms. The highest BCUT2D eigenvalue weighted by Gasteiger charge is 2.33. The largest absolute Gasteiger partial charge is 0.444 e. The molecule has 1 atom stereocenters. The Morgan fingerprint density at radius 2 is 2.04 bits per heavy atom. The van der Waals surface area contributed by atoms with Gasteiger partial charge < -0.3 is 9.64 Å². The van der Waals surface area contributed by atoms with Crippen molar-refractivity contribution in [2.24, 2.45) is 5.92 Å². The molecule has 0 radical (unpaired) electrons. The number of nitrogens with zero attached hydrogens (tertiary/aromatic N) is 2. The number of halogens is 3. The lowest BCUT2D eigenvalue weighted by molar-refractivity contribution is -0.141. The zero-order valence-corrected chi connectivity index (χ0v) is 15.0. The van der Waals surface area contributed by atoms with Crippen LogP contribution in [0.5, 0.6) is 0 Å². The molecule has 2 heterocycles. The molecule has 1 saturated heterocycles. The summed E-state index contributed by atoms with van der Waals surface area (Å²) in [5.74, 6) is 0.131. The maximum absolute atomic E-state index is 12.7. The fourth-order valence-electron chi connectivity index (χ4n) is 2.58. The molecule has 0 aromatic carbocycles. The third-order valence-electron chi connectivity index (χ3n) is 3.58. The summed E-state index contributed by atoms with van der Waals surface area (Å²) in [5, 5.41) is 0. The molecule has 2 rings (SSSR count). The zero-order valence-electron chi connectivity index (χ0n) is 14.0. The average molecular weight is 364 g/mol. The van der Waals surface area contributed by atoms with Crippen molar-refractivity contribution in [1.29, 1.82) is 0 Å². The molecule has 0 unspecified atom stereocenters. The van der Waals surface area contributed by atoms with E-state index in [1.54, 1.807) is 31.7 Å². The number of hydrogen-bond donors (Lipinski definition) is 0. The summed E-state index contributed by atoms with van der Waals surface area (Å²) in [6.07, 6.45) is -2.38. The van der Waals surface area contributed by atoms with Crippen molar-refractivity contribution in [2.45, 2.75) is 45.4 Å². The van der Waals surface area contributed by atoms with Gasteiger partial charge in [-0.05, 0) is 57.2 Å². The van der Waals surface area contributed by atoms with Crippen molar-refractivity contribution < 1.29 is 22.7 Å². The molecule has 4 nitrogen and oxygen atoms in total. The third-order valence-corrected chi connectivity index (χ3v) is 3.58. The van der Waals surface area contributed by atoms with Gasteiger partial charge >= 0.3 is 12.3 Å². The average Bonchev–Trinajstić information content (AvgIpc) is 2.85. The molecule has 1 aromatic rings. The van der Waals surface area contributed by atoms with Crippen LogP contribution in [0.25, 0.3) is 0 Å². The summed E-state index contributed by atoms with van der Waals surface area (Å²) in [7, 11) is 0. The van der Waals surface area contributed by atoms with Crippen LogP contribution in [-0.2, 0) is 17.3 Å². The predicted octanol–water partition coefficient (Wildman–Crippen LogP) is 4.01. The van der Waals surface area contributed by atoms with Crippen molar-refractivity contribution in [2.75, 3.05) is 13.1 Å². The quantitative estimate of drug-likeness (QED) is 0.796. The smallest absolute Gasteiger partial charge is 0.433 e. The van der Waals surface area contributed by atoms with Crippen molar-refractivity contribution in [3.05, 3.63) is 29.6 Å². The predicted molar refractivity (Wildman–Crippen MR) is 89.2 cm³/mol. The van der Waals surface area contributed by atoms with Gasteiger partial charge in [0.05, 0.1) is 0 Å². The Bertz CT molecular complexity index is 573. The molecule has 0 spiro atoms. The van der Waals surface area contributed by atoms with E-state index in [4.69, 9.17) is 4.74 Å². The Hall–Kier alpha value is -1.44. The number of amides is 1. The van der Waals surface area contributed by atoms with Gasteiger partial charge in [0.1, 0.15) is 11.3 Å². The number of ether oxygens (including phenoxy) is 1. The van der Waals surface area contributed by atoms with E-state index in [0.717, 1.165) is 12.5 Å². The molecule has 0 saturated carbocycles. The van der Waals surface area contributed by atoms with E-state index in [1.165, 1.54) is 6.20 Å². The van der Waals surface area contributed by atoms with Crippen LogP contribution < -0.4 is 0 Å². The van der Waals surface area contributed by atoms with E-state index in [2.05, 4.69) is 4.98 Å². The standard InChI is InChI=1S/C16H21F3N2O2.H2S/c1-15(2,3)23-14(22)21-7-5-12(10-21)8-11-4-6-20-13(9-11)16(17,18)19;/h4,6,9,12H,5,7-8,10H2,1-3H3;1H2/t12-;/m1./s1. The van der Waals surface area contributed by atoms with Crippen LogP contribution in [-0.4, -0.2) is 34.7 Å². The summed E-state index contributed by atoms with van der Waals surface area (Å²) in [6.45, 7) is 6.46. The molecule has 0 aliphatic carbocycles. The maximum atomic E-state index is 12.7. The lowest BCUT2D eigenvalue weighted by atomic mass is 9.99. The Balaban J connectivity index is 0.00000288. The first kappa shape index (κ1) is 20.6. The summed E-state index contributed by atoms with van der Waals surface area (Å²) >= 11 is 0. The minimum Gasteiger partial charge on any atom is -0.444 e. The van der Waals surface area contributed by atoms with E-state index in [-0.39, 0.29) is 25.5 Å². The molecule has 0 N–H and O–H groups in total. The molecule has 1 aromatic heterocycles. The maximum Gasteiger partial charge on any atom is 0.433 e.